The summed E-state index contributed by atoms with van der Waals surface area (Å²) in [6.07, 6.45) is 4.12. The first-order valence-electron chi connectivity index (χ1n) is 6.91. The monoisotopic (exact) mass is 267 g/mol. The van der Waals surface area contributed by atoms with Crippen molar-refractivity contribution in [3.63, 3.8) is 0 Å². The standard InChI is InChI=1S/C13H25N5O/c1-4-12(14)13(19)16-11-9-15-18(10-11)8-7-17(5-2)6-3/h9-10,12H,4-8,14H2,1-3H3,(H,16,19). The van der Waals surface area contributed by atoms with Crippen LogP contribution in [-0.2, 0) is 11.3 Å². The SMILES string of the molecule is CCC(N)C(=O)Nc1cnn(CCN(CC)CC)c1. The second-order valence-electron chi connectivity index (χ2n) is 4.52. The molecule has 0 saturated carbocycles. The van der Waals surface area contributed by atoms with Crippen LogP contribution in [0, 0.1) is 0 Å². The highest BCUT2D eigenvalue weighted by atomic mass is 16.2. The van der Waals surface area contributed by atoms with Gasteiger partial charge in [-0.25, -0.2) is 0 Å². The lowest BCUT2D eigenvalue weighted by Gasteiger charge is -2.17. The van der Waals surface area contributed by atoms with E-state index >= 15 is 0 Å². The fourth-order valence-corrected chi connectivity index (χ4v) is 1.75. The number of carbonyl (C=O) groups excluding carboxylic acids is 1. The number of aromatic nitrogens is 2. The number of nitrogens with one attached hydrogen (secondary N) is 1. The molecule has 6 nitrogen and oxygen atoms in total. The average Bonchev–Trinajstić information content (AvgIpc) is 2.86. The summed E-state index contributed by atoms with van der Waals surface area (Å²) in [6.45, 7) is 10.0. The smallest absolute Gasteiger partial charge is 0.241 e. The van der Waals surface area contributed by atoms with E-state index in [0.29, 0.717) is 12.1 Å². The molecule has 0 radical (unpaired) electrons. The number of hydrogen-bond acceptors (Lipinski definition) is 4. The molecule has 1 rings (SSSR count). The lowest BCUT2D eigenvalue weighted by molar-refractivity contribution is -0.117. The number of rotatable bonds is 8. The van der Waals surface area contributed by atoms with Gasteiger partial charge in [0.05, 0.1) is 24.5 Å². The van der Waals surface area contributed by atoms with Crippen LogP contribution in [0.15, 0.2) is 12.4 Å². The van der Waals surface area contributed by atoms with Crippen LogP contribution in [0.2, 0.25) is 0 Å². The van der Waals surface area contributed by atoms with Crippen molar-refractivity contribution in [1.82, 2.24) is 14.7 Å². The van der Waals surface area contributed by atoms with Gasteiger partial charge in [0.1, 0.15) is 0 Å². The van der Waals surface area contributed by atoms with E-state index in [1.165, 1.54) is 0 Å². The molecule has 0 aliphatic rings. The quantitative estimate of drug-likeness (QED) is 0.734. The molecule has 1 aromatic heterocycles. The van der Waals surface area contributed by atoms with E-state index in [1.54, 1.807) is 6.20 Å². The van der Waals surface area contributed by atoms with Gasteiger partial charge >= 0.3 is 0 Å². The lowest BCUT2D eigenvalue weighted by Crippen LogP contribution is -2.34. The van der Waals surface area contributed by atoms with Gasteiger partial charge in [0.2, 0.25) is 5.91 Å². The van der Waals surface area contributed by atoms with E-state index in [1.807, 2.05) is 17.8 Å². The molecule has 108 valence electrons. The molecule has 19 heavy (non-hydrogen) atoms. The Bertz CT molecular complexity index is 386. The molecule has 1 aromatic rings. The highest BCUT2D eigenvalue weighted by molar-refractivity contribution is 5.94. The highest BCUT2D eigenvalue weighted by Gasteiger charge is 2.11. The predicted molar refractivity (Wildman–Crippen MR) is 76.9 cm³/mol. The van der Waals surface area contributed by atoms with Crippen molar-refractivity contribution in [3.8, 4) is 0 Å². The van der Waals surface area contributed by atoms with Crippen molar-refractivity contribution >= 4 is 11.6 Å². The third-order valence-electron chi connectivity index (χ3n) is 3.22. The Kier molecular flexibility index (Phi) is 6.52. The molecular formula is C13H25N5O. The molecule has 3 N–H and O–H groups in total. The van der Waals surface area contributed by atoms with Crippen molar-refractivity contribution in [2.75, 3.05) is 25.0 Å². The zero-order chi connectivity index (χ0) is 14.3. The van der Waals surface area contributed by atoms with Crippen molar-refractivity contribution < 1.29 is 4.79 Å². The Morgan fingerprint density at radius 2 is 2.16 bits per heavy atom. The first-order chi connectivity index (χ1) is 9.10. The summed E-state index contributed by atoms with van der Waals surface area (Å²) in [7, 11) is 0. The number of likely N-dealkylation sites (N-methyl/N-ethyl adjacent to an activating group) is 1. The van der Waals surface area contributed by atoms with Crippen LogP contribution in [0.25, 0.3) is 0 Å². The van der Waals surface area contributed by atoms with E-state index in [0.717, 1.165) is 26.2 Å². The van der Waals surface area contributed by atoms with Crippen LogP contribution in [0.3, 0.4) is 0 Å². The predicted octanol–water partition coefficient (Wildman–Crippen LogP) is 0.901. The van der Waals surface area contributed by atoms with Gasteiger partial charge < -0.3 is 16.0 Å². The number of carbonyl (C=O) groups is 1. The molecular weight excluding hydrogens is 242 g/mol. The third-order valence-corrected chi connectivity index (χ3v) is 3.22. The first kappa shape index (κ1) is 15.7. The Morgan fingerprint density at radius 1 is 1.47 bits per heavy atom. The molecule has 6 heteroatoms. The van der Waals surface area contributed by atoms with Gasteiger partial charge in [-0.3, -0.25) is 9.48 Å². The van der Waals surface area contributed by atoms with E-state index in [4.69, 9.17) is 5.73 Å². The summed E-state index contributed by atoms with van der Waals surface area (Å²) < 4.78 is 1.84. The Labute approximate surface area is 114 Å². The van der Waals surface area contributed by atoms with E-state index in [-0.39, 0.29) is 5.91 Å². The molecule has 0 saturated heterocycles. The maximum absolute atomic E-state index is 11.6. The van der Waals surface area contributed by atoms with Gasteiger partial charge in [-0.05, 0) is 19.5 Å². The fraction of sp³-hybridized carbons (Fsp3) is 0.692. The largest absolute Gasteiger partial charge is 0.322 e. The van der Waals surface area contributed by atoms with Crippen molar-refractivity contribution in [3.05, 3.63) is 12.4 Å². The van der Waals surface area contributed by atoms with Crippen LogP contribution in [-0.4, -0.2) is 46.3 Å². The summed E-state index contributed by atoms with van der Waals surface area (Å²) in [4.78, 5) is 14.0. The van der Waals surface area contributed by atoms with Crippen LogP contribution < -0.4 is 11.1 Å². The minimum atomic E-state index is -0.459. The molecule has 1 atom stereocenters. The topological polar surface area (TPSA) is 76.2 Å². The maximum atomic E-state index is 11.6. The summed E-state index contributed by atoms with van der Waals surface area (Å²) in [6, 6.07) is -0.459. The van der Waals surface area contributed by atoms with Crippen LogP contribution in [0.4, 0.5) is 5.69 Å². The highest BCUT2D eigenvalue weighted by Crippen LogP contribution is 2.06. The van der Waals surface area contributed by atoms with Crippen LogP contribution >= 0.6 is 0 Å². The number of hydrogen-bond donors (Lipinski definition) is 2. The Morgan fingerprint density at radius 3 is 2.74 bits per heavy atom. The maximum Gasteiger partial charge on any atom is 0.241 e. The summed E-state index contributed by atoms with van der Waals surface area (Å²) in [5.74, 6) is -0.161. The van der Waals surface area contributed by atoms with Gasteiger partial charge in [-0.2, -0.15) is 5.10 Å². The second kappa shape index (κ2) is 7.91. The zero-order valence-corrected chi connectivity index (χ0v) is 12.1. The van der Waals surface area contributed by atoms with E-state index < -0.39 is 6.04 Å². The third kappa shape index (κ3) is 5.00. The molecule has 1 amide bonds. The van der Waals surface area contributed by atoms with Crippen LogP contribution in [0.1, 0.15) is 27.2 Å². The van der Waals surface area contributed by atoms with Gasteiger partial charge in [0.15, 0.2) is 0 Å². The van der Waals surface area contributed by atoms with Crippen molar-refractivity contribution in [1.29, 1.82) is 0 Å². The van der Waals surface area contributed by atoms with E-state index in [9.17, 15) is 4.79 Å². The zero-order valence-electron chi connectivity index (χ0n) is 12.1. The molecule has 0 fully saturated rings. The molecule has 0 aliphatic carbocycles. The number of nitrogens with zero attached hydrogens (tertiary/aromatic N) is 3. The lowest BCUT2D eigenvalue weighted by atomic mass is 10.2. The fourth-order valence-electron chi connectivity index (χ4n) is 1.75. The Balaban J connectivity index is 2.46. The van der Waals surface area contributed by atoms with Gasteiger partial charge in [-0.15, -0.1) is 0 Å². The summed E-state index contributed by atoms with van der Waals surface area (Å²) >= 11 is 0. The number of nitrogens with two attached hydrogens (primary N) is 1. The molecule has 1 heterocycles. The summed E-state index contributed by atoms with van der Waals surface area (Å²) in [5, 5.41) is 7.00. The van der Waals surface area contributed by atoms with Crippen LogP contribution in [0.5, 0.6) is 0 Å². The number of amides is 1. The Hall–Kier alpha value is -1.40. The minimum absolute atomic E-state index is 0.161. The molecule has 0 aliphatic heterocycles. The van der Waals surface area contributed by atoms with Gasteiger partial charge in [0, 0.05) is 12.7 Å². The molecule has 0 spiro atoms. The minimum Gasteiger partial charge on any atom is -0.322 e. The molecule has 0 aromatic carbocycles. The molecule has 1 unspecified atom stereocenters. The normalized spacial score (nSPS) is 12.7. The van der Waals surface area contributed by atoms with Crippen molar-refractivity contribution in [2.45, 2.75) is 39.8 Å². The average molecular weight is 267 g/mol. The molecule has 0 bridgehead atoms. The van der Waals surface area contributed by atoms with Gasteiger partial charge in [0.25, 0.3) is 0 Å². The van der Waals surface area contributed by atoms with Gasteiger partial charge in [-0.1, -0.05) is 20.8 Å². The van der Waals surface area contributed by atoms with E-state index in [2.05, 4.69) is 29.2 Å². The number of anilines is 1. The second-order valence-corrected chi connectivity index (χ2v) is 4.52. The van der Waals surface area contributed by atoms with Crippen molar-refractivity contribution in [2.24, 2.45) is 5.73 Å². The first-order valence-corrected chi connectivity index (χ1v) is 6.91. The summed E-state index contributed by atoms with van der Waals surface area (Å²) in [5.41, 5.74) is 6.36.